The number of carbonyl (C=O) groups excluding carboxylic acids is 1. The van der Waals surface area contributed by atoms with E-state index in [1.807, 2.05) is 14.0 Å². The van der Waals surface area contributed by atoms with Gasteiger partial charge in [-0.05, 0) is 26.3 Å². The molecule has 0 aromatic rings. The van der Waals surface area contributed by atoms with Crippen molar-refractivity contribution in [2.45, 2.75) is 38.6 Å². The lowest BCUT2D eigenvalue weighted by Crippen LogP contribution is -2.47. The number of hydrogen-bond donors (Lipinski definition) is 2. The first kappa shape index (κ1) is 16.4. The fourth-order valence-corrected chi connectivity index (χ4v) is 4.09. The van der Waals surface area contributed by atoms with E-state index in [4.69, 9.17) is 0 Å². The van der Waals surface area contributed by atoms with Crippen LogP contribution in [0, 0.1) is 0 Å². The molecule has 0 radical (unpaired) electrons. The van der Waals surface area contributed by atoms with Crippen LogP contribution in [0.4, 0.5) is 0 Å². The number of unbranched alkanes of at least 4 members (excludes halogenated alkanes) is 1. The Labute approximate surface area is 116 Å². The van der Waals surface area contributed by atoms with Crippen LogP contribution in [0.3, 0.4) is 0 Å². The maximum Gasteiger partial charge on any atom is 0.238 e. The zero-order chi connectivity index (χ0) is 14.3. The number of likely N-dealkylation sites (N-methyl/N-ethyl adjacent to an activating group) is 1. The minimum absolute atomic E-state index is 0.143. The average molecular weight is 291 g/mol. The van der Waals surface area contributed by atoms with Crippen LogP contribution in [-0.4, -0.2) is 57.1 Å². The molecule has 1 fully saturated rings. The lowest BCUT2D eigenvalue weighted by atomic mass is 10.2. The molecule has 0 spiro atoms. The Bertz CT molecular complexity index is 384. The summed E-state index contributed by atoms with van der Waals surface area (Å²) in [6.45, 7) is 3.63. The van der Waals surface area contributed by atoms with E-state index in [1.54, 1.807) is 0 Å². The van der Waals surface area contributed by atoms with E-state index in [0.717, 1.165) is 12.8 Å². The number of nitrogens with one attached hydrogen (secondary N) is 2. The van der Waals surface area contributed by atoms with Crippen LogP contribution in [0.2, 0.25) is 0 Å². The number of amides is 1. The van der Waals surface area contributed by atoms with Gasteiger partial charge in [0.1, 0.15) is 6.04 Å². The van der Waals surface area contributed by atoms with E-state index < -0.39 is 16.1 Å². The summed E-state index contributed by atoms with van der Waals surface area (Å²) < 4.78 is 25.7. The zero-order valence-electron chi connectivity index (χ0n) is 11.8. The third-order valence-electron chi connectivity index (χ3n) is 3.29. The van der Waals surface area contributed by atoms with Gasteiger partial charge in [0, 0.05) is 19.6 Å². The van der Waals surface area contributed by atoms with E-state index in [9.17, 15) is 13.2 Å². The predicted octanol–water partition coefficient (Wildman–Crippen LogP) is -0.0837. The van der Waals surface area contributed by atoms with Crippen LogP contribution >= 0.6 is 0 Å². The normalized spacial score (nSPS) is 20.6. The topological polar surface area (TPSA) is 78.5 Å². The summed E-state index contributed by atoms with van der Waals surface area (Å²) in [5.41, 5.74) is 0. The fourth-order valence-electron chi connectivity index (χ4n) is 2.21. The number of carbonyl (C=O) groups is 1. The Hall–Kier alpha value is -0.660. The second-order valence-corrected chi connectivity index (χ2v) is 6.87. The predicted molar refractivity (Wildman–Crippen MR) is 75.4 cm³/mol. The Kier molecular flexibility index (Phi) is 6.74. The van der Waals surface area contributed by atoms with Crippen molar-refractivity contribution in [1.82, 2.24) is 14.9 Å². The maximum absolute atomic E-state index is 12.2. The van der Waals surface area contributed by atoms with Gasteiger partial charge in [0.15, 0.2) is 0 Å². The van der Waals surface area contributed by atoms with Gasteiger partial charge >= 0.3 is 0 Å². The molecular formula is C12H25N3O3S. The molecule has 2 N–H and O–H groups in total. The molecule has 6 nitrogen and oxygen atoms in total. The van der Waals surface area contributed by atoms with Crippen LogP contribution in [-0.2, 0) is 14.8 Å². The molecule has 1 aliphatic rings. The monoisotopic (exact) mass is 291 g/mol. The van der Waals surface area contributed by atoms with E-state index in [1.165, 1.54) is 4.31 Å². The lowest BCUT2D eigenvalue weighted by molar-refractivity contribution is -0.124. The maximum atomic E-state index is 12.2. The molecule has 7 heteroatoms. The quantitative estimate of drug-likeness (QED) is 0.613. The highest BCUT2D eigenvalue weighted by molar-refractivity contribution is 7.89. The summed E-state index contributed by atoms with van der Waals surface area (Å²) in [5, 5.41) is 5.71. The second kappa shape index (κ2) is 7.81. The number of nitrogens with zero attached hydrogens (tertiary/aromatic N) is 1. The van der Waals surface area contributed by atoms with Gasteiger partial charge in [-0.25, -0.2) is 8.42 Å². The van der Waals surface area contributed by atoms with Crippen molar-refractivity contribution in [3.63, 3.8) is 0 Å². The Morgan fingerprint density at radius 3 is 2.74 bits per heavy atom. The molecule has 0 aliphatic carbocycles. The van der Waals surface area contributed by atoms with Gasteiger partial charge in [0.2, 0.25) is 15.9 Å². The van der Waals surface area contributed by atoms with Crippen molar-refractivity contribution in [3.05, 3.63) is 0 Å². The molecule has 1 rings (SSSR count). The zero-order valence-corrected chi connectivity index (χ0v) is 12.6. The smallest absolute Gasteiger partial charge is 0.238 e. The average Bonchev–Trinajstić information content (AvgIpc) is 2.86. The highest BCUT2D eigenvalue weighted by Gasteiger charge is 2.37. The second-order valence-electron chi connectivity index (χ2n) is 4.83. The van der Waals surface area contributed by atoms with E-state index in [0.29, 0.717) is 32.5 Å². The molecular weight excluding hydrogens is 266 g/mol. The van der Waals surface area contributed by atoms with Gasteiger partial charge in [-0.2, -0.15) is 4.31 Å². The SMILES string of the molecule is CCCCS(=O)(=O)N1CCCC1C(=O)NCCNC. The summed E-state index contributed by atoms with van der Waals surface area (Å²) in [6.07, 6.45) is 2.87. The molecule has 1 heterocycles. The van der Waals surface area contributed by atoms with Crippen LogP contribution in [0.25, 0.3) is 0 Å². The van der Waals surface area contributed by atoms with Crippen LogP contribution < -0.4 is 10.6 Å². The summed E-state index contributed by atoms with van der Waals surface area (Å²) >= 11 is 0. The Morgan fingerprint density at radius 2 is 2.11 bits per heavy atom. The van der Waals surface area contributed by atoms with Gasteiger partial charge in [-0.3, -0.25) is 4.79 Å². The van der Waals surface area contributed by atoms with Crippen molar-refractivity contribution in [1.29, 1.82) is 0 Å². The van der Waals surface area contributed by atoms with Crippen LogP contribution in [0.1, 0.15) is 32.6 Å². The molecule has 0 saturated carbocycles. The highest BCUT2D eigenvalue weighted by Crippen LogP contribution is 2.22. The molecule has 1 aliphatic heterocycles. The minimum Gasteiger partial charge on any atom is -0.353 e. The van der Waals surface area contributed by atoms with Gasteiger partial charge in [-0.1, -0.05) is 13.3 Å². The largest absolute Gasteiger partial charge is 0.353 e. The molecule has 19 heavy (non-hydrogen) atoms. The van der Waals surface area contributed by atoms with Crippen LogP contribution in [0.15, 0.2) is 0 Å². The summed E-state index contributed by atoms with van der Waals surface area (Å²) in [6, 6.07) is -0.515. The standard InChI is InChI=1S/C12H25N3O3S/c1-3-4-10-19(17,18)15-9-5-6-11(15)12(16)14-8-7-13-2/h11,13H,3-10H2,1-2H3,(H,14,16). The Balaban J connectivity index is 2.60. The summed E-state index contributed by atoms with van der Waals surface area (Å²) in [4.78, 5) is 12.0. The number of sulfonamides is 1. The molecule has 1 atom stereocenters. The molecule has 0 bridgehead atoms. The van der Waals surface area contributed by atoms with Crippen molar-refractivity contribution < 1.29 is 13.2 Å². The number of hydrogen-bond acceptors (Lipinski definition) is 4. The molecule has 1 amide bonds. The Morgan fingerprint density at radius 1 is 1.37 bits per heavy atom. The van der Waals surface area contributed by atoms with E-state index in [-0.39, 0.29) is 11.7 Å². The first-order chi connectivity index (χ1) is 9.03. The summed E-state index contributed by atoms with van der Waals surface area (Å²) in [7, 11) is -1.48. The van der Waals surface area contributed by atoms with Gasteiger partial charge < -0.3 is 10.6 Å². The van der Waals surface area contributed by atoms with Crippen molar-refractivity contribution >= 4 is 15.9 Å². The van der Waals surface area contributed by atoms with E-state index >= 15 is 0 Å². The van der Waals surface area contributed by atoms with Gasteiger partial charge in [0.05, 0.1) is 5.75 Å². The first-order valence-electron chi connectivity index (χ1n) is 6.94. The molecule has 112 valence electrons. The van der Waals surface area contributed by atoms with Crippen molar-refractivity contribution in [2.75, 3.05) is 32.4 Å². The van der Waals surface area contributed by atoms with Crippen molar-refractivity contribution in [3.8, 4) is 0 Å². The molecule has 1 unspecified atom stereocenters. The van der Waals surface area contributed by atoms with E-state index in [2.05, 4.69) is 10.6 Å². The fraction of sp³-hybridized carbons (Fsp3) is 0.917. The third kappa shape index (κ3) is 4.74. The molecule has 1 saturated heterocycles. The third-order valence-corrected chi connectivity index (χ3v) is 5.25. The highest BCUT2D eigenvalue weighted by atomic mass is 32.2. The molecule has 0 aromatic heterocycles. The minimum atomic E-state index is -3.29. The summed E-state index contributed by atoms with van der Waals surface area (Å²) in [5.74, 6) is -0.0307. The van der Waals surface area contributed by atoms with Crippen molar-refractivity contribution in [2.24, 2.45) is 0 Å². The lowest BCUT2D eigenvalue weighted by Gasteiger charge is -2.23. The first-order valence-corrected chi connectivity index (χ1v) is 8.55. The van der Waals surface area contributed by atoms with Crippen LogP contribution in [0.5, 0.6) is 0 Å². The molecule has 0 aromatic carbocycles. The van der Waals surface area contributed by atoms with Gasteiger partial charge in [0.25, 0.3) is 0 Å². The number of rotatable bonds is 8. The van der Waals surface area contributed by atoms with Gasteiger partial charge in [-0.15, -0.1) is 0 Å².